The van der Waals surface area contributed by atoms with Crippen LogP contribution in [0.1, 0.15) is 22.3 Å². The first-order chi connectivity index (χ1) is 12.5. The standard InChI is InChI=1S/C19H18N2O5/c1-25-15-4-2-3-14(10-15)20-18(23)11-26-19(24)13-5-7-16-12(9-13)6-8-17(22)21-16/h2-5,7,9-10H,6,8,11H2,1H3,(H,20,23)(H,21,22). The Morgan fingerprint density at radius 1 is 1.15 bits per heavy atom. The van der Waals surface area contributed by atoms with Crippen LogP contribution in [-0.4, -0.2) is 31.5 Å². The highest BCUT2D eigenvalue weighted by atomic mass is 16.5. The maximum absolute atomic E-state index is 12.1. The van der Waals surface area contributed by atoms with Crippen molar-refractivity contribution in [1.82, 2.24) is 0 Å². The Morgan fingerprint density at radius 3 is 2.81 bits per heavy atom. The van der Waals surface area contributed by atoms with Gasteiger partial charge in [-0.25, -0.2) is 4.79 Å². The number of carbonyl (C=O) groups excluding carboxylic acids is 3. The summed E-state index contributed by atoms with van der Waals surface area (Å²) in [5, 5.41) is 5.38. The molecule has 1 aliphatic heterocycles. The van der Waals surface area contributed by atoms with Crippen LogP contribution in [0.5, 0.6) is 5.75 Å². The second-order valence-electron chi connectivity index (χ2n) is 5.78. The lowest BCUT2D eigenvalue weighted by atomic mass is 10.0. The van der Waals surface area contributed by atoms with Gasteiger partial charge in [0.1, 0.15) is 5.75 Å². The van der Waals surface area contributed by atoms with Crippen LogP contribution >= 0.6 is 0 Å². The number of hydrogen-bond donors (Lipinski definition) is 2. The monoisotopic (exact) mass is 354 g/mol. The zero-order valence-corrected chi connectivity index (χ0v) is 14.2. The zero-order chi connectivity index (χ0) is 18.5. The number of anilines is 2. The lowest BCUT2D eigenvalue weighted by Gasteiger charge is -2.17. The summed E-state index contributed by atoms with van der Waals surface area (Å²) in [5.74, 6) is -0.467. The van der Waals surface area contributed by atoms with Crippen LogP contribution < -0.4 is 15.4 Å². The first-order valence-corrected chi connectivity index (χ1v) is 8.09. The number of carbonyl (C=O) groups is 3. The van der Waals surface area contributed by atoms with Crippen molar-refractivity contribution in [3.8, 4) is 5.75 Å². The highest BCUT2D eigenvalue weighted by Crippen LogP contribution is 2.24. The number of methoxy groups -OCH3 is 1. The first kappa shape index (κ1) is 17.5. The highest BCUT2D eigenvalue weighted by Gasteiger charge is 2.17. The molecule has 1 aliphatic rings. The molecule has 7 nitrogen and oxygen atoms in total. The summed E-state index contributed by atoms with van der Waals surface area (Å²) < 4.78 is 10.1. The summed E-state index contributed by atoms with van der Waals surface area (Å²) in [6.45, 7) is -0.399. The van der Waals surface area contributed by atoms with Crippen molar-refractivity contribution in [2.24, 2.45) is 0 Å². The molecule has 0 aliphatic carbocycles. The van der Waals surface area contributed by atoms with Crippen LogP contribution in [0.15, 0.2) is 42.5 Å². The smallest absolute Gasteiger partial charge is 0.338 e. The second-order valence-corrected chi connectivity index (χ2v) is 5.78. The average molecular weight is 354 g/mol. The molecule has 2 amide bonds. The molecule has 0 spiro atoms. The summed E-state index contributed by atoms with van der Waals surface area (Å²) >= 11 is 0. The Bertz CT molecular complexity index is 863. The second kappa shape index (κ2) is 7.69. The maximum Gasteiger partial charge on any atom is 0.338 e. The number of rotatable bonds is 5. The van der Waals surface area contributed by atoms with Gasteiger partial charge in [-0.3, -0.25) is 9.59 Å². The minimum Gasteiger partial charge on any atom is -0.497 e. The van der Waals surface area contributed by atoms with Crippen LogP contribution in [0, 0.1) is 0 Å². The molecule has 3 rings (SSSR count). The summed E-state index contributed by atoms with van der Waals surface area (Å²) in [7, 11) is 1.53. The molecule has 7 heteroatoms. The van der Waals surface area contributed by atoms with E-state index in [9.17, 15) is 14.4 Å². The summed E-state index contributed by atoms with van der Waals surface area (Å²) in [5.41, 5.74) is 2.47. The molecule has 0 saturated carbocycles. The van der Waals surface area contributed by atoms with E-state index < -0.39 is 18.5 Å². The minimum absolute atomic E-state index is 0.0398. The van der Waals surface area contributed by atoms with Crippen LogP contribution in [0.4, 0.5) is 11.4 Å². The van der Waals surface area contributed by atoms with E-state index in [0.29, 0.717) is 35.5 Å². The molecule has 2 N–H and O–H groups in total. The number of hydrogen-bond acceptors (Lipinski definition) is 5. The third-order valence-corrected chi connectivity index (χ3v) is 3.92. The Hall–Kier alpha value is -3.35. The van der Waals surface area contributed by atoms with Gasteiger partial charge in [-0.2, -0.15) is 0 Å². The van der Waals surface area contributed by atoms with Gasteiger partial charge in [0.05, 0.1) is 12.7 Å². The van der Waals surface area contributed by atoms with Gasteiger partial charge in [0, 0.05) is 23.9 Å². The molecule has 0 saturated heterocycles. The fraction of sp³-hybridized carbons (Fsp3) is 0.211. The van der Waals surface area contributed by atoms with Gasteiger partial charge in [0.25, 0.3) is 5.91 Å². The van der Waals surface area contributed by atoms with Gasteiger partial charge in [-0.15, -0.1) is 0 Å². The zero-order valence-electron chi connectivity index (χ0n) is 14.2. The van der Waals surface area contributed by atoms with Crippen LogP contribution in [0.2, 0.25) is 0 Å². The Balaban J connectivity index is 1.56. The minimum atomic E-state index is -0.592. The van der Waals surface area contributed by atoms with E-state index in [-0.39, 0.29) is 5.91 Å². The molecule has 2 aromatic rings. The van der Waals surface area contributed by atoms with Crippen molar-refractivity contribution in [3.63, 3.8) is 0 Å². The molecule has 2 aromatic carbocycles. The molecule has 0 fully saturated rings. The van der Waals surface area contributed by atoms with E-state index in [1.807, 2.05) is 0 Å². The number of amides is 2. The van der Waals surface area contributed by atoms with Gasteiger partial charge < -0.3 is 20.1 Å². The van der Waals surface area contributed by atoms with E-state index in [1.54, 1.807) is 42.5 Å². The number of esters is 1. The fourth-order valence-electron chi connectivity index (χ4n) is 2.62. The number of benzene rings is 2. The normalized spacial score (nSPS) is 12.6. The highest BCUT2D eigenvalue weighted by molar-refractivity contribution is 5.97. The molecule has 0 radical (unpaired) electrons. The van der Waals surface area contributed by atoms with Gasteiger partial charge in [-0.05, 0) is 42.3 Å². The third kappa shape index (κ3) is 4.18. The van der Waals surface area contributed by atoms with Crippen molar-refractivity contribution >= 4 is 29.2 Å². The van der Waals surface area contributed by atoms with E-state index in [0.717, 1.165) is 5.56 Å². The Labute approximate surface area is 150 Å². The molecule has 1 heterocycles. The quantitative estimate of drug-likeness (QED) is 0.804. The molecule has 0 aromatic heterocycles. The number of fused-ring (bicyclic) bond motifs is 1. The molecule has 26 heavy (non-hydrogen) atoms. The average Bonchev–Trinajstić information content (AvgIpc) is 2.65. The van der Waals surface area contributed by atoms with Gasteiger partial charge in [0.15, 0.2) is 6.61 Å². The van der Waals surface area contributed by atoms with E-state index in [4.69, 9.17) is 9.47 Å². The largest absolute Gasteiger partial charge is 0.497 e. The summed E-state index contributed by atoms with van der Waals surface area (Å²) in [4.78, 5) is 35.4. The fourth-order valence-corrected chi connectivity index (χ4v) is 2.62. The van der Waals surface area contributed by atoms with Gasteiger partial charge in [0.2, 0.25) is 5.91 Å². The van der Waals surface area contributed by atoms with Crippen molar-refractivity contribution in [2.75, 3.05) is 24.4 Å². The van der Waals surface area contributed by atoms with Crippen LogP contribution in [-0.2, 0) is 20.7 Å². The van der Waals surface area contributed by atoms with Crippen molar-refractivity contribution in [2.45, 2.75) is 12.8 Å². The third-order valence-electron chi connectivity index (χ3n) is 3.92. The van der Waals surface area contributed by atoms with Crippen LogP contribution in [0.3, 0.4) is 0 Å². The summed E-state index contributed by atoms with van der Waals surface area (Å²) in [6, 6.07) is 11.8. The van der Waals surface area contributed by atoms with Crippen molar-refractivity contribution in [1.29, 1.82) is 0 Å². The van der Waals surface area contributed by atoms with Crippen molar-refractivity contribution in [3.05, 3.63) is 53.6 Å². The SMILES string of the molecule is COc1cccc(NC(=O)COC(=O)c2ccc3c(c2)CCC(=O)N3)c1. The molecule has 0 unspecified atom stereocenters. The summed E-state index contributed by atoms with van der Waals surface area (Å²) in [6.07, 6.45) is 0.951. The van der Waals surface area contributed by atoms with E-state index in [1.165, 1.54) is 7.11 Å². The Morgan fingerprint density at radius 2 is 2.00 bits per heavy atom. The van der Waals surface area contributed by atoms with Crippen LogP contribution in [0.25, 0.3) is 0 Å². The van der Waals surface area contributed by atoms with E-state index >= 15 is 0 Å². The predicted molar refractivity (Wildman–Crippen MR) is 95.3 cm³/mol. The predicted octanol–water partition coefficient (Wildman–Crippen LogP) is 2.38. The molecular formula is C19H18N2O5. The Kier molecular flexibility index (Phi) is 5.17. The number of aryl methyl sites for hydroxylation is 1. The van der Waals surface area contributed by atoms with Gasteiger partial charge in [-0.1, -0.05) is 6.07 Å². The molecule has 0 atom stereocenters. The number of nitrogens with one attached hydrogen (secondary N) is 2. The molecular weight excluding hydrogens is 336 g/mol. The first-order valence-electron chi connectivity index (χ1n) is 8.09. The molecule has 134 valence electrons. The van der Waals surface area contributed by atoms with E-state index in [2.05, 4.69) is 10.6 Å². The van der Waals surface area contributed by atoms with Gasteiger partial charge >= 0.3 is 5.97 Å². The molecule has 0 bridgehead atoms. The lowest BCUT2D eigenvalue weighted by Crippen LogP contribution is -2.22. The topological polar surface area (TPSA) is 93.7 Å². The maximum atomic E-state index is 12.1. The van der Waals surface area contributed by atoms with Crippen molar-refractivity contribution < 1.29 is 23.9 Å². The number of ether oxygens (including phenoxy) is 2. The lowest BCUT2D eigenvalue weighted by molar-refractivity contribution is -0.119.